The van der Waals surface area contributed by atoms with Gasteiger partial charge in [0.2, 0.25) is 0 Å². The highest BCUT2D eigenvalue weighted by molar-refractivity contribution is 6.31. The van der Waals surface area contributed by atoms with Crippen molar-refractivity contribution in [3.63, 3.8) is 0 Å². The summed E-state index contributed by atoms with van der Waals surface area (Å²) in [7, 11) is 0. The highest BCUT2D eigenvalue weighted by Gasteiger charge is 2.47. The zero-order valence-electron chi connectivity index (χ0n) is 13.6. The van der Waals surface area contributed by atoms with Crippen molar-refractivity contribution in [1.82, 2.24) is 10.2 Å². The number of amides is 2. The first-order valence-corrected chi connectivity index (χ1v) is 8.09. The van der Waals surface area contributed by atoms with E-state index in [0.29, 0.717) is 23.0 Å². The minimum atomic E-state index is -1.59. The van der Waals surface area contributed by atoms with Crippen LogP contribution in [0.4, 0.5) is 5.69 Å². The van der Waals surface area contributed by atoms with Gasteiger partial charge in [0.25, 0.3) is 17.4 Å². The standard InChI is InChI=1S/C16H22ClN3O3/c1-4-20(5-2)9-8-18-14(21)16(3)15(22)19-12-10-11(17)6-7-13(12)23-16/h6-7,10H,4-5,8-9H2,1-3H3,(H,18,21)(H,19,22). The van der Waals surface area contributed by atoms with Crippen LogP contribution >= 0.6 is 11.6 Å². The van der Waals surface area contributed by atoms with Crippen LogP contribution in [0.2, 0.25) is 5.02 Å². The van der Waals surface area contributed by atoms with Gasteiger partial charge in [-0.3, -0.25) is 9.59 Å². The van der Waals surface area contributed by atoms with Gasteiger partial charge in [0.05, 0.1) is 5.69 Å². The molecule has 0 bridgehead atoms. The smallest absolute Gasteiger partial charge is 0.278 e. The van der Waals surface area contributed by atoms with E-state index >= 15 is 0 Å². The van der Waals surface area contributed by atoms with Crippen molar-refractivity contribution in [1.29, 1.82) is 0 Å². The molecule has 2 N–H and O–H groups in total. The maximum Gasteiger partial charge on any atom is 0.278 e. The fourth-order valence-electron chi connectivity index (χ4n) is 2.38. The zero-order chi connectivity index (χ0) is 17.0. The van der Waals surface area contributed by atoms with Crippen molar-refractivity contribution in [3.8, 4) is 5.75 Å². The Morgan fingerprint density at radius 3 is 2.74 bits per heavy atom. The van der Waals surface area contributed by atoms with Gasteiger partial charge < -0.3 is 20.3 Å². The lowest BCUT2D eigenvalue weighted by Gasteiger charge is -2.33. The second-order valence-corrected chi connectivity index (χ2v) is 5.95. The van der Waals surface area contributed by atoms with E-state index in [0.717, 1.165) is 19.6 Å². The molecule has 1 aliphatic heterocycles. The van der Waals surface area contributed by atoms with E-state index in [1.807, 2.05) is 0 Å². The van der Waals surface area contributed by atoms with Gasteiger partial charge in [-0.05, 0) is 38.2 Å². The number of ether oxygens (including phenoxy) is 1. The Hall–Kier alpha value is -1.79. The highest BCUT2D eigenvalue weighted by Crippen LogP contribution is 2.35. The first-order valence-electron chi connectivity index (χ1n) is 7.71. The van der Waals surface area contributed by atoms with Crippen LogP contribution in [0.25, 0.3) is 0 Å². The van der Waals surface area contributed by atoms with Crippen molar-refractivity contribution >= 4 is 29.1 Å². The van der Waals surface area contributed by atoms with Crippen LogP contribution in [-0.4, -0.2) is 48.5 Å². The summed E-state index contributed by atoms with van der Waals surface area (Å²) >= 11 is 5.89. The van der Waals surface area contributed by atoms with Gasteiger partial charge in [-0.2, -0.15) is 0 Å². The number of nitrogens with zero attached hydrogens (tertiary/aromatic N) is 1. The number of rotatable bonds is 6. The summed E-state index contributed by atoms with van der Waals surface area (Å²) < 4.78 is 5.66. The topological polar surface area (TPSA) is 70.7 Å². The van der Waals surface area contributed by atoms with Crippen LogP contribution in [-0.2, 0) is 9.59 Å². The van der Waals surface area contributed by atoms with Gasteiger partial charge in [0.15, 0.2) is 0 Å². The molecule has 1 atom stereocenters. The lowest BCUT2D eigenvalue weighted by atomic mass is 10.0. The third-order valence-corrected chi connectivity index (χ3v) is 4.21. The Kier molecular flexibility index (Phi) is 5.49. The lowest BCUT2D eigenvalue weighted by Crippen LogP contribution is -2.59. The molecule has 1 aliphatic rings. The maximum atomic E-state index is 12.4. The molecule has 0 fully saturated rings. The van der Waals surface area contributed by atoms with Gasteiger partial charge in [-0.25, -0.2) is 0 Å². The number of halogens is 1. The summed E-state index contributed by atoms with van der Waals surface area (Å²) in [6.45, 7) is 8.60. The average molecular weight is 340 g/mol. The van der Waals surface area contributed by atoms with Crippen molar-refractivity contribution in [2.75, 3.05) is 31.5 Å². The van der Waals surface area contributed by atoms with Crippen molar-refractivity contribution in [2.24, 2.45) is 0 Å². The van der Waals surface area contributed by atoms with Gasteiger partial charge in [-0.15, -0.1) is 0 Å². The van der Waals surface area contributed by atoms with E-state index in [1.54, 1.807) is 18.2 Å². The fraction of sp³-hybridized carbons (Fsp3) is 0.500. The summed E-state index contributed by atoms with van der Waals surface area (Å²) in [6, 6.07) is 4.88. The second kappa shape index (κ2) is 7.19. The van der Waals surface area contributed by atoms with E-state index in [9.17, 15) is 9.59 Å². The maximum absolute atomic E-state index is 12.4. The van der Waals surface area contributed by atoms with Gasteiger partial charge in [0.1, 0.15) is 5.75 Å². The van der Waals surface area contributed by atoms with Crippen LogP contribution in [0.5, 0.6) is 5.75 Å². The molecule has 0 aromatic heterocycles. The number of benzene rings is 1. The number of likely N-dealkylation sites (N-methyl/N-ethyl adjacent to an activating group) is 1. The molecule has 6 nitrogen and oxygen atoms in total. The molecule has 0 spiro atoms. The molecule has 1 aromatic carbocycles. The monoisotopic (exact) mass is 339 g/mol. The average Bonchev–Trinajstić information content (AvgIpc) is 2.53. The van der Waals surface area contributed by atoms with Crippen molar-refractivity contribution in [3.05, 3.63) is 23.2 Å². The Morgan fingerprint density at radius 2 is 2.09 bits per heavy atom. The molecule has 0 saturated heterocycles. The van der Waals surface area contributed by atoms with E-state index in [-0.39, 0.29) is 0 Å². The summed E-state index contributed by atoms with van der Waals surface area (Å²) in [5.74, 6) is -0.536. The number of anilines is 1. The van der Waals surface area contributed by atoms with Crippen molar-refractivity contribution < 1.29 is 14.3 Å². The van der Waals surface area contributed by atoms with Crippen LogP contribution in [0.3, 0.4) is 0 Å². The molecule has 1 unspecified atom stereocenters. The third kappa shape index (κ3) is 3.76. The molecule has 2 amide bonds. The predicted molar refractivity (Wildman–Crippen MR) is 89.9 cm³/mol. The molecule has 7 heteroatoms. The van der Waals surface area contributed by atoms with Crippen LogP contribution in [0, 0.1) is 0 Å². The van der Waals surface area contributed by atoms with Crippen molar-refractivity contribution in [2.45, 2.75) is 26.4 Å². The molecule has 126 valence electrons. The Labute approximate surface area is 141 Å². The van der Waals surface area contributed by atoms with Crippen LogP contribution < -0.4 is 15.4 Å². The largest absolute Gasteiger partial charge is 0.466 e. The molecule has 0 aliphatic carbocycles. The Morgan fingerprint density at radius 1 is 1.39 bits per heavy atom. The highest BCUT2D eigenvalue weighted by atomic mass is 35.5. The molecule has 1 heterocycles. The minimum Gasteiger partial charge on any atom is -0.466 e. The van der Waals surface area contributed by atoms with E-state index in [4.69, 9.17) is 16.3 Å². The van der Waals surface area contributed by atoms with Gasteiger partial charge >= 0.3 is 0 Å². The molecule has 23 heavy (non-hydrogen) atoms. The molecular weight excluding hydrogens is 318 g/mol. The van der Waals surface area contributed by atoms with E-state index in [2.05, 4.69) is 29.4 Å². The van der Waals surface area contributed by atoms with E-state index in [1.165, 1.54) is 6.92 Å². The number of fused-ring (bicyclic) bond motifs is 1. The van der Waals surface area contributed by atoms with E-state index < -0.39 is 17.4 Å². The molecular formula is C16H22ClN3O3. The molecule has 1 aromatic rings. The molecule has 0 saturated carbocycles. The fourth-order valence-corrected chi connectivity index (χ4v) is 2.55. The zero-order valence-corrected chi connectivity index (χ0v) is 14.4. The Balaban J connectivity index is 2.04. The molecule has 0 radical (unpaired) electrons. The number of hydrogen-bond donors (Lipinski definition) is 2. The van der Waals surface area contributed by atoms with Gasteiger partial charge in [-0.1, -0.05) is 25.4 Å². The first-order chi connectivity index (χ1) is 10.9. The SMILES string of the molecule is CCN(CC)CCNC(=O)C1(C)Oc2ccc(Cl)cc2NC1=O. The minimum absolute atomic E-state index is 0.426. The number of nitrogens with one attached hydrogen (secondary N) is 2. The summed E-state index contributed by atoms with van der Waals surface area (Å²) in [4.78, 5) is 26.9. The third-order valence-electron chi connectivity index (χ3n) is 3.98. The predicted octanol–water partition coefficient (Wildman–Crippen LogP) is 1.89. The summed E-state index contributed by atoms with van der Waals surface area (Å²) in [6.07, 6.45) is 0. The summed E-state index contributed by atoms with van der Waals surface area (Å²) in [5, 5.41) is 5.93. The quantitative estimate of drug-likeness (QED) is 0.776. The summed E-state index contributed by atoms with van der Waals surface area (Å²) in [5.41, 5.74) is -1.12. The number of hydrogen-bond acceptors (Lipinski definition) is 4. The number of carbonyl (C=O) groups excluding carboxylic acids is 2. The lowest BCUT2D eigenvalue weighted by molar-refractivity contribution is -0.146. The number of carbonyl (C=O) groups is 2. The van der Waals surface area contributed by atoms with Crippen LogP contribution in [0.15, 0.2) is 18.2 Å². The van der Waals surface area contributed by atoms with Crippen LogP contribution in [0.1, 0.15) is 20.8 Å². The Bertz CT molecular complexity index is 604. The first kappa shape index (κ1) is 17.6. The normalized spacial score (nSPS) is 19.8. The van der Waals surface area contributed by atoms with Gasteiger partial charge in [0, 0.05) is 18.1 Å². The second-order valence-electron chi connectivity index (χ2n) is 5.51. The molecule has 2 rings (SSSR count).